The van der Waals surface area contributed by atoms with Crippen molar-refractivity contribution in [3.05, 3.63) is 101 Å². The summed E-state index contributed by atoms with van der Waals surface area (Å²) in [5.41, 5.74) is 6.29. The van der Waals surface area contributed by atoms with Crippen LogP contribution >= 0.6 is 0 Å². The molecule has 1 saturated carbocycles. The number of hydrogen-bond acceptors (Lipinski definition) is 2. The van der Waals surface area contributed by atoms with Crippen LogP contribution in [0.15, 0.2) is 78.9 Å². The topological polar surface area (TPSA) is 38.1 Å². The summed E-state index contributed by atoms with van der Waals surface area (Å²) in [6.07, 6.45) is 7.82. The Labute approximate surface area is 251 Å². The molecule has 1 aromatic heterocycles. The normalized spacial score (nSPS) is 15.0. The first-order valence-corrected chi connectivity index (χ1v) is 15.4. The summed E-state index contributed by atoms with van der Waals surface area (Å²) in [5.74, 6) is 1.33. The molecule has 0 atom stereocenters. The van der Waals surface area contributed by atoms with Crippen LogP contribution in [0.5, 0.6) is 0 Å². The minimum absolute atomic E-state index is 0.00819. The molecular weight excluding hydrogens is 521 g/mol. The van der Waals surface area contributed by atoms with E-state index in [2.05, 4.69) is 63.6 Å². The molecule has 1 saturated heterocycles. The van der Waals surface area contributed by atoms with Crippen LogP contribution in [0.4, 0.5) is 4.39 Å². The number of aromatic nitrogens is 2. The zero-order chi connectivity index (χ0) is 30.2. The van der Waals surface area contributed by atoms with E-state index in [0.717, 1.165) is 42.8 Å². The average molecular weight is 568 g/mol. The lowest BCUT2D eigenvalue weighted by atomic mass is 9.90. The molecule has 42 heavy (non-hydrogen) atoms. The van der Waals surface area contributed by atoms with E-state index in [0.29, 0.717) is 22.7 Å². The van der Waals surface area contributed by atoms with E-state index in [1.165, 1.54) is 48.4 Å². The highest BCUT2D eigenvalue weighted by Gasteiger charge is 2.27. The monoisotopic (exact) mass is 567 g/mol. The quantitative estimate of drug-likeness (QED) is 0.225. The molecule has 1 amide bonds. The Morgan fingerprint density at radius 3 is 2.07 bits per heavy atom. The molecule has 2 heterocycles. The number of carbonyl (C=O) groups is 1. The third kappa shape index (κ3) is 7.76. The van der Waals surface area contributed by atoms with Gasteiger partial charge in [-0.15, -0.1) is 0 Å². The summed E-state index contributed by atoms with van der Waals surface area (Å²) in [6.45, 7) is 14.1. The molecule has 0 bridgehead atoms. The van der Waals surface area contributed by atoms with E-state index >= 15 is 0 Å². The summed E-state index contributed by atoms with van der Waals surface area (Å²) in [7, 11) is 1.80. The fraction of sp³-hybridized carbons (Fsp3) is 0.405. The highest BCUT2D eigenvalue weighted by Crippen LogP contribution is 2.33. The Balaban J connectivity index is 0.000000235. The van der Waals surface area contributed by atoms with Crippen LogP contribution in [-0.4, -0.2) is 33.7 Å². The fourth-order valence-electron chi connectivity index (χ4n) is 5.59. The number of piperidine rings is 1. The summed E-state index contributed by atoms with van der Waals surface area (Å²) in [5, 5.41) is 5.33. The maximum Gasteiger partial charge on any atom is 0.256 e. The predicted octanol–water partition coefficient (Wildman–Crippen LogP) is 9.31. The van der Waals surface area contributed by atoms with Crippen molar-refractivity contribution in [2.75, 3.05) is 13.1 Å². The first-order valence-electron chi connectivity index (χ1n) is 15.4. The minimum atomic E-state index is -0.318. The number of allylic oxidation sites excluding steroid dienone is 1. The van der Waals surface area contributed by atoms with Gasteiger partial charge in [0, 0.05) is 31.1 Å². The summed E-state index contributed by atoms with van der Waals surface area (Å²) in [4.78, 5) is 15.2. The third-order valence-electron chi connectivity index (χ3n) is 8.52. The lowest BCUT2D eigenvalue weighted by Crippen LogP contribution is -2.38. The van der Waals surface area contributed by atoms with Crippen LogP contribution in [0, 0.1) is 31.5 Å². The molecule has 5 heteroatoms. The van der Waals surface area contributed by atoms with Crippen molar-refractivity contribution in [1.29, 1.82) is 0 Å². The van der Waals surface area contributed by atoms with E-state index < -0.39 is 0 Å². The van der Waals surface area contributed by atoms with Gasteiger partial charge < -0.3 is 4.90 Å². The molecule has 4 nitrogen and oxygen atoms in total. The van der Waals surface area contributed by atoms with Gasteiger partial charge in [0.1, 0.15) is 11.5 Å². The zero-order valence-electron chi connectivity index (χ0n) is 26.0. The van der Waals surface area contributed by atoms with Gasteiger partial charge in [-0.1, -0.05) is 93.3 Å². The molecule has 2 aliphatic rings. The molecule has 4 aromatic rings. The molecule has 1 aliphatic heterocycles. The van der Waals surface area contributed by atoms with E-state index in [1.807, 2.05) is 23.1 Å². The van der Waals surface area contributed by atoms with Gasteiger partial charge in [-0.05, 0) is 74.8 Å². The molecule has 2 fully saturated rings. The Morgan fingerprint density at radius 1 is 0.929 bits per heavy atom. The number of aryl methyl sites for hydroxylation is 3. The number of benzene rings is 3. The van der Waals surface area contributed by atoms with Crippen LogP contribution in [0.25, 0.3) is 22.2 Å². The second kappa shape index (κ2) is 14.4. The van der Waals surface area contributed by atoms with Crippen LogP contribution < -0.4 is 0 Å². The highest BCUT2D eigenvalue weighted by molar-refractivity contribution is 6.08. The second-order valence-corrected chi connectivity index (χ2v) is 11.9. The van der Waals surface area contributed by atoms with Gasteiger partial charge in [0.2, 0.25) is 0 Å². The SMILES string of the molecule is C=C(C)C1CCN(C(=O)c2cccc3c(-c4ccccc4F)nn(C)c23)CC1.CCCC1CC1.Cc1ccccc1C. The molecule has 0 unspecified atom stereocenters. The number of carbonyl (C=O) groups excluding carboxylic acids is 1. The highest BCUT2D eigenvalue weighted by atomic mass is 19.1. The minimum Gasteiger partial charge on any atom is -0.339 e. The van der Waals surface area contributed by atoms with Crippen molar-refractivity contribution < 1.29 is 9.18 Å². The van der Waals surface area contributed by atoms with Crippen molar-refractivity contribution in [2.24, 2.45) is 18.9 Å². The standard InChI is InChI=1S/C23H24FN3O.C8H10.C6H12/c1-15(2)16-11-13-27(14-12-16)23(28)19-9-6-8-18-21(25-26(3)22(18)19)17-7-4-5-10-20(17)24;1-7-5-3-4-6-8(7)2;1-2-3-6-4-5-6/h4-10,16H,1,11-14H2,2-3H3;3-6H,1-2H3;6H,2-5H2,1H3. The number of likely N-dealkylation sites (tertiary alicyclic amines) is 1. The summed E-state index contributed by atoms with van der Waals surface area (Å²) >= 11 is 0. The number of halogens is 1. The van der Waals surface area contributed by atoms with Crippen LogP contribution in [0.2, 0.25) is 0 Å². The Morgan fingerprint density at radius 2 is 1.55 bits per heavy atom. The number of rotatable bonds is 5. The first kappa shape index (κ1) is 31.2. The molecule has 222 valence electrons. The van der Waals surface area contributed by atoms with Crippen molar-refractivity contribution >= 4 is 16.8 Å². The van der Waals surface area contributed by atoms with Gasteiger partial charge in [-0.3, -0.25) is 9.48 Å². The van der Waals surface area contributed by atoms with E-state index in [1.54, 1.807) is 29.9 Å². The van der Waals surface area contributed by atoms with Gasteiger partial charge in [0.25, 0.3) is 5.91 Å². The molecular formula is C37H46FN3O. The Kier molecular flexibility index (Phi) is 10.7. The lowest BCUT2D eigenvalue weighted by molar-refractivity contribution is 0.0703. The van der Waals surface area contributed by atoms with Crippen molar-refractivity contribution in [2.45, 2.75) is 66.2 Å². The number of amides is 1. The average Bonchev–Trinajstić information content (AvgIpc) is 3.76. The molecule has 6 rings (SSSR count). The molecule has 1 aliphatic carbocycles. The maximum atomic E-state index is 14.3. The number of para-hydroxylation sites is 1. The Bertz CT molecular complexity index is 1490. The van der Waals surface area contributed by atoms with E-state index in [9.17, 15) is 9.18 Å². The summed E-state index contributed by atoms with van der Waals surface area (Å²) < 4.78 is 16.0. The molecule has 0 spiro atoms. The smallest absolute Gasteiger partial charge is 0.256 e. The molecule has 0 N–H and O–H groups in total. The van der Waals surface area contributed by atoms with Gasteiger partial charge in [-0.2, -0.15) is 5.10 Å². The van der Waals surface area contributed by atoms with Crippen LogP contribution in [0.1, 0.15) is 73.9 Å². The van der Waals surface area contributed by atoms with Crippen LogP contribution in [0.3, 0.4) is 0 Å². The van der Waals surface area contributed by atoms with E-state index in [4.69, 9.17) is 0 Å². The van der Waals surface area contributed by atoms with Gasteiger partial charge in [0.05, 0.1) is 11.1 Å². The number of hydrogen-bond donors (Lipinski definition) is 0. The Hall–Kier alpha value is -3.73. The molecule has 0 radical (unpaired) electrons. The number of fused-ring (bicyclic) bond motifs is 1. The predicted molar refractivity (Wildman–Crippen MR) is 173 cm³/mol. The summed E-state index contributed by atoms with van der Waals surface area (Å²) in [6, 6.07) is 20.5. The van der Waals surface area contributed by atoms with Crippen molar-refractivity contribution in [1.82, 2.24) is 14.7 Å². The number of nitrogens with zero attached hydrogens (tertiary/aromatic N) is 3. The van der Waals surface area contributed by atoms with Crippen molar-refractivity contribution in [3.63, 3.8) is 0 Å². The lowest BCUT2D eigenvalue weighted by Gasteiger charge is -2.32. The largest absolute Gasteiger partial charge is 0.339 e. The fourth-order valence-corrected chi connectivity index (χ4v) is 5.59. The van der Waals surface area contributed by atoms with Gasteiger partial charge in [-0.25, -0.2) is 4.39 Å². The van der Waals surface area contributed by atoms with Crippen LogP contribution in [-0.2, 0) is 7.05 Å². The third-order valence-corrected chi connectivity index (χ3v) is 8.52. The van der Waals surface area contributed by atoms with Gasteiger partial charge in [0.15, 0.2) is 0 Å². The second-order valence-electron chi connectivity index (χ2n) is 11.9. The zero-order valence-corrected chi connectivity index (χ0v) is 26.0. The van der Waals surface area contributed by atoms with Crippen molar-refractivity contribution in [3.8, 4) is 11.3 Å². The van der Waals surface area contributed by atoms with Gasteiger partial charge >= 0.3 is 0 Å². The maximum absolute atomic E-state index is 14.3. The van der Waals surface area contributed by atoms with E-state index in [-0.39, 0.29) is 11.7 Å². The first-order chi connectivity index (χ1) is 20.2. The molecule has 3 aromatic carbocycles.